The molecule has 2 aromatic rings. The van der Waals surface area contributed by atoms with Crippen LogP contribution in [0, 0.1) is 0 Å². The zero-order valence-electron chi connectivity index (χ0n) is 17.0. The van der Waals surface area contributed by atoms with Crippen molar-refractivity contribution in [3.63, 3.8) is 0 Å². The van der Waals surface area contributed by atoms with E-state index in [0.29, 0.717) is 40.5 Å². The second kappa shape index (κ2) is 8.00. The Balaban J connectivity index is 1.37. The van der Waals surface area contributed by atoms with E-state index in [1.807, 2.05) is 0 Å². The molecule has 31 heavy (non-hydrogen) atoms. The molecule has 0 radical (unpaired) electrons. The molecule has 1 atom stereocenters. The van der Waals surface area contributed by atoms with Gasteiger partial charge in [0, 0.05) is 28.6 Å². The minimum atomic E-state index is -0.294. The Morgan fingerprint density at radius 1 is 0.968 bits per heavy atom. The van der Waals surface area contributed by atoms with E-state index in [-0.39, 0.29) is 29.8 Å². The molecule has 0 bridgehead atoms. The average molecular weight is 439 g/mol. The maximum absolute atomic E-state index is 13.0. The lowest BCUT2D eigenvalue weighted by atomic mass is 9.94. The van der Waals surface area contributed by atoms with E-state index in [1.54, 1.807) is 36.4 Å². The largest absolute Gasteiger partial charge is 0.493 e. The highest BCUT2D eigenvalue weighted by molar-refractivity contribution is 6.30. The quantitative estimate of drug-likeness (QED) is 0.715. The molecule has 3 aliphatic rings. The van der Waals surface area contributed by atoms with Crippen LogP contribution in [0.3, 0.4) is 0 Å². The molecule has 0 saturated heterocycles. The third kappa shape index (κ3) is 3.59. The van der Waals surface area contributed by atoms with E-state index < -0.39 is 0 Å². The molecular formula is C24H23ClN2O4. The highest BCUT2D eigenvalue weighted by Crippen LogP contribution is 2.35. The first-order valence-electron chi connectivity index (χ1n) is 10.8. The predicted octanol–water partition coefficient (Wildman–Crippen LogP) is 4.52. The summed E-state index contributed by atoms with van der Waals surface area (Å²) in [5.41, 5.74) is 1.90. The summed E-state index contributed by atoms with van der Waals surface area (Å²) >= 11 is 6.12. The lowest BCUT2D eigenvalue weighted by Crippen LogP contribution is -2.40. The summed E-state index contributed by atoms with van der Waals surface area (Å²) < 4.78 is 5.65. The van der Waals surface area contributed by atoms with Gasteiger partial charge in [0.15, 0.2) is 0 Å². The molecule has 1 aliphatic carbocycles. The van der Waals surface area contributed by atoms with Gasteiger partial charge in [-0.1, -0.05) is 30.9 Å². The molecule has 6 nitrogen and oxygen atoms in total. The van der Waals surface area contributed by atoms with E-state index in [1.165, 1.54) is 4.90 Å². The van der Waals surface area contributed by atoms with E-state index in [0.717, 1.165) is 37.7 Å². The predicted molar refractivity (Wildman–Crippen MR) is 116 cm³/mol. The number of rotatable bonds is 3. The first kappa shape index (κ1) is 20.1. The summed E-state index contributed by atoms with van der Waals surface area (Å²) in [5.74, 6) is -0.118. The fourth-order valence-electron chi connectivity index (χ4n) is 4.83. The summed E-state index contributed by atoms with van der Waals surface area (Å²) in [6.07, 6.45) is 5.53. The third-order valence-corrected chi connectivity index (χ3v) is 6.67. The molecule has 5 rings (SSSR count). The number of carbonyl (C=O) groups is 3. The van der Waals surface area contributed by atoms with E-state index in [4.69, 9.17) is 16.3 Å². The number of benzene rings is 2. The summed E-state index contributed by atoms with van der Waals surface area (Å²) in [6.45, 7) is 0.493. The van der Waals surface area contributed by atoms with Crippen LogP contribution in [0.1, 0.15) is 81.2 Å². The monoisotopic (exact) mass is 438 g/mol. The Morgan fingerprint density at radius 2 is 1.74 bits per heavy atom. The number of imide groups is 1. The van der Waals surface area contributed by atoms with Gasteiger partial charge < -0.3 is 10.1 Å². The summed E-state index contributed by atoms with van der Waals surface area (Å²) in [7, 11) is 0. The minimum absolute atomic E-state index is 0.0399. The van der Waals surface area contributed by atoms with Gasteiger partial charge >= 0.3 is 0 Å². The van der Waals surface area contributed by atoms with Crippen LogP contribution >= 0.6 is 11.6 Å². The highest BCUT2D eigenvalue weighted by Gasteiger charge is 2.40. The number of halogens is 1. The smallest absolute Gasteiger partial charge is 0.261 e. The van der Waals surface area contributed by atoms with Crippen LogP contribution in [-0.4, -0.2) is 35.3 Å². The van der Waals surface area contributed by atoms with Gasteiger partial charge in [0.2, 0.25) is 0 Å². The van der Waals surface area contributed by atoms with Crippen molar-refractivity contribution in [2.24, 2.45) is 0 Å². The fourth-order valence-corrected chi connectivity index (χ4v) is 5.01. The SMILES string of the molecule is O=C(NC1CCOc2ccc(Cl)cc21)c1ccc2c(c1)C(=O)N(C1CCCCC1)C2=O. The molecule has 1 unspecified atom stereocenters. The Kier molecular flexibility index (Phi) is 5.18. The van der Waals surface area contributed by atoms with Crippen LogP contribution in [-0.2, 0) is 0 Å². The summed E-state index contributed by atoms with van der Waals surface area (Å²) in [6, 6.07) is 9.84. The maximum Gasteiger partial charge on any atom is 0.261 e. The van der Waals surface area contributed by atoms with Crippen molar-refractivity contribution in [3.05, 3.63) is 63.7 Å². The van der Waals surface area contributed by atoms with Crippen LogP contribution in [0.15, 0.2) is 36.4 Å². The number of hydrogen-bond donors (Lipinski definition) is 1. The lowest BCUT2D eigenvalue weighted by molar-refractivity contribution is 0.0548. The standard InChI is InChI=1S/C24H23ClN2O4/c25-15-7-9-21-19(13-15)20(10-11-31-21)26-22(28)14-6-8-17-18(12-14)24(30)27(23(17)29)16-4-2-1-3-5-16/h6-9,12-13,16,20H,1-5,10-11H2,(H,26,28). The normalized spacial score (nSPS) is 20.8. The third-order valence-electron chi connectivity index (χ3n) is 6.44. The summed E-state index contributed by atoms with van der Waals surface area (Å²) in [4.78, 5) is 40.3. The molecule has 160 valence electrons. The Morgan fingerprint density at radius 3 is 2.55 bits per heavy atom. The molecule has 2 aliphatic heterocycles. The van der Waals surface area contributed by atoms with Gasteiger partial charge in [-0.05, 0) is 49.2 Å². The molecule has 1 N–H and O–H groups in total. The van der Waals surface area contributed by atoms with Crippen LogP contribution in [0.4, 0.5) is 0 Å². The molecule has 0 spiro atoms. The van der Waals surface area contributed by atoms with Crippen LogP contribution in [0.25, 0.3) is 0 Å². The molecule has 0 aromatic heterocycles. The van der Waals surface area contributed by atoms with Crippen molar-refractivity contribution in [1.29, 1.82) is 0 Å². The Hall–Kier alpha value is -2.86. The van der Waals surface area contributed by atoms with Crippen molar-refractivity contribution in [2.75, 3.05) is 6.61 Å². The fraction of sp³-hybridized carbons (Fsp3) is 0.375. The van der Waals surface area contributed by atoms with E-state index in [2.05, 4.69) is 5.32 Å². The van der Waals surface area contributed by atoms with Gasteiger partial charge in [-0.25, -0.2) is 0 Å². The minimum Gasteiger partial charge on any atom is -0.493 e. The van der Waals surface area contributed by atoms with Gasteiger partial charge in [-0.3, -0.25) is 19.3 Å². The van der Waals surface area contributed by atoms with Crippen molar-refractivity contribution in [1.82, 2.24) is 10.2 Å². The van der Waals surface area contributed by atoms with Gasteiger partial charge in [0.1, 0.15) is 5.75 Å². The topological polar surface area (TPSA) is 75.7 Å². The van der Waals surface area contributed by atoms with Gasteiger partial charge in [0.25, 0.3) is 17.7 Å². The van der Waals surface area contributed by atoms with Crippen molar-refractivity contribution in [3.8, 4) is 5.75 Å². The number of fused-ring (bicyclic) bond motifs is 2. The molecule has 2 aromatic carbocycles. The molecular weight excluding hydrogens is 416 g/mol. The van der Waals surface area contributed by atoms with Gasteiger partial charge in [0.05, 0.1) is 23.8 Å². The maximum atomic E-state index is 13.0. The first-order valence-corrected chi connectivity index (χ1v) is 11.2. The number of carbonyl (C=O) groups excluding carboxylic acids is 3. The second-order valence-corrected chi connectivity index (χ2v) is 8.81. The number of hydrogen-bond acceptors (Lipinski definition) is 4. The van der Waals surface area contributed by atoms with Gasteiger partial charge in [-0.2, -0.15) is 0 Å². The molecule has 1 fully saturated rings. The van der Waals surface area contributed by atoms with Crippen molar-refractivity contribution < 1.29 is 19.1 Å². The van der Waals surface area contributed by atoms with Crippen LogP contribution < -0.4 is 10.1 Å². The molecule has 7 heteroatoms. The molecule has 1 saturated carbocycles. The van der Waals surface area contributed by atoms with Crippen LogP contribution in [0.2, 0.25) is 5.02 Å². The molecule has 2 heterocycles. The van der Waals surface area contributed by atoms with E-state index >= 15 is 0 Å². The van der Waals surface area contributed by atoms with Crippen LogP contribution in [0.5, 0.6) is 5.75 Å². The highest BCUT2D eigenvalue weighted by atomic mass is 35.5. The Labute approximate surface area is 185 Å². The number of amides is 3. The summed E-state index contributed by atoms with van der Waals surface area (Å²) in [5, 5.41) is 3.60. The zero-order chi connectivity index (χ0) is 21.5. The number of ether oxygens (including phenoxy) is 1. The average Bonchev–Trinajstić information content (AvgIpc) is 3.04. The van der Waals surface area contributed by atoms with E-state index in [9.17, 15) is 14.4 Å². The number of nitrogens with one attached hydrogen (secondary N) is 1. The number of nitrogens with zero attached hydrogens (tertiary/aromatic N) is 1. The lowest BCUT2D eigenvalue weighted by Gasteiger charge is -2.29. The zero-order valence-corrected chi connectivity index (χ0v) is 17.8. The second-order valence-electron chi connectivity index (χ2n) is 8.38. The Bertz CT molecular complexity index is 1080. The molecule has 3 amide bonds. The van der Waals surface area contributed by atoms with Crippen molar-refractivity contribution in [2.45, 2.75) is 50.6 Å². The van der Waals surface area contributed by atoms with Crippen molar-refractivity contribution >= 4 is 29.3 Å². The first-order chi connectivity index (χ1) is 15.0. The van der Waals surface area contributed by atoms with Gasteiger partial charge in [-0.15, -0.1) is 0 Å².